The lowest BCUT2D eigenvalue weighted by molar-refractivity contribution is 0.208. The molecule has 0 aliphatic heterocycles. The van der Waals surface area contributed by atoms with Gasteiger partial charge in [0.2, 0.25) is 11.7 Å². The first-order chi connectivity index (χ1) is 19.3. The number of aromatic nitrogens is 2. The third-order valence-corrected chi connectivity index (χ3v) is 7.74. The van der Waals surface area contributed by atoms with Gasteiger partial charge in [0.15, 0.2) is 11.5 Å². The molecule has 0 saturated carbocycles. The Morgan fingerprint density at radius 2 is 1.60 bits per heavy atom. The Labute approximate surface area is 237 Å². The molecule has 0 amide bonds. The minimum Gasteiger partial charge on any atom is -0.497 e. The maximum absolute atomic E-state index is 12.4. The highest BCUT2D eigenvalue weighted by molar-refractivity contribution is 7.99. The Hall–Kier alpha value is -4.00. The molecule has 0 radical (unpaired) electrons. The van der Waals surface area contributed by atoms with E-state index in [1.165, 1.54) is 38.1 Å². The lowest BCUT2D eigenvalue weighted by atomic mass is 10.2. The van der Waals surface area contributed by atoms with Gasteiger partial charge >= 0.3 is 0 Å². The summed E-state index contributed by atoms with van der Waals surface area (Å²) in [5.41, 5.74) is 1.55. The molecule has 1 aromatic heterocycles. The fourth-order valence-electron chi connectivity index (χ4n) is 3.53. The van der Waals surface area contributed by atoms with Crippen LogP contribution in [0.15, 0.2) is 87.7 Å². The van der Waals surface area contributed by atoms with Crippen molar-refractivity contribution in [2.45, 2.75) is 21.7 Å². The number of aryl methyl sites for hydroxylation is 1. The van der Waals surface area contributed by atoms with Crippen LogP contribution < -0.4 is 24.3 Å². The van der Waals surface area contributed by atoms with Crippen LogP contribution in [0.5, 0.6) is 23.0 Å². The van der Waals surface area contributed by atoms with Crippen LogP contribution in [-0.4, -0.2) is 52.9 Å². The molecule has 0 unspecified atom stereocenters. The molecule has 0 atom stereocenters. The Kier molecular flexibility index (Phi) is 9.70. The van der Waals surface area contributed by atoms with Crippen LogP contribution >= 0.6 is 11.8 Å². The normalized spacial score (nSPS) is 11.1. The summed E-state index contributed by atoms with van der Waals surface area (Å²) < 4.78 is 52.1. The molecular formula is C28H29N3O7S2. The van der Waals surface area contributed by atoms with Crippen LogP contribution in [0.4, 0.5) is 11.6 Å². The summed E-state index contributed by atoms with van der Waals surface area (Å²) >= 11 is 1.48. The second-order valence-corrected chi connectivity index (χ2v) is 11.0. The van der Waals surface area contributed by atoms with Gasteiger partial charge in [-0.3, -0.25) is 4.18 Å². The summed E-state index contributed by atoms with van der Waals surface area (Å²) in [7, 11) is 0.703. The summed E-state index contributed by atoms with van der Waals surface area (Å²) in [6.07, 6.45) is 1.66. The van der Waals surface area contributed by atoms with E-state index >= 15 is 0 Å². The van der Waals surface area contributed by atoms with Crippen molar-refractivity contribution in [3.05, 3.63) is 78.5 Å². The number of rotatable bonds is 13. The zero-order valence-electron chi connectivity index (χ0n) is 22.4. The van der Waals surface area contributed by atoms with E-state index in [0.29, 0.717) is 28.9 Å². The van der Waals surface area contributed by atoms with Gasteiger partial charge in [0.1, 0.15) is 24.0 Å². The van der Waals surface area contributed by atoms with Crippen molar-refractivity contribution in [3.8, 4) is 23.0 Å². The smallest absolute Gasteiger partial charge is 0.297 e. The zero-order chi connectivity index (χ0) is 28.5. The second kappa shape index (κ2) is 13.4. The highest BCUT2D eigenvalue weighted by Gasteiger charge is 2.18. The number of hydrogen-bond acceptors (Lipinski definition) is 11. The predicted molar refractivity (Wildman–Crippen MR) is 152 cm³/mol. The number of nitrogens with zero attached hydrogens (tertiary/aromatic N) is 2. The van der Waals surface area contributed by atoms with Gasteiger partial charge in [-0.1, -0.05) is 35.5 Å². The maximum Gasteiger partial charge on any atom is 0.297 e. The SMILES string of the molecule is COc1cccc(Sc2ccnc(Nc3cc(OC)c(OCCOS(=O)(=O)c4ccc(C)cc4)c(OC)c3)n2)c1. The van der Waals surface area contributed by atoms with Crippen LogP contribution in [0.3, 0.4) is 0 Å². The Bertz CT molecular complexity index is 1520. The summed E-state index contributed by atoms with van der Waals surface area (Å²) in [5.74, 6) is 2.17. The van der Waals surface area contributed by atoms with Gasteiger partial charge in [-0.05, 0) is 43.3 Å². The van der Waals surface area contributed by atoms with E-state index in [0.717, 1.165) is 21.2 Å². The van der Waals surface area contributed by atoms with Crippen LogP contribution in [0, 0.1) is 6.92 Å². The molecule has 4 aromatic rings. The van der Waals surface area contributed by atoms with Crippen molar-refractivity contribution in [2.75, 3.05) is 39.9 Å². The monoisotopic (exact) mass is 583 g/mol. The highest BCUT2D eigenvalue weighted by atomic mass is 32.2. The summed E-state index contributed by atoms with van der Waals surface area (Å²) in [6, 6.07) is 19.3. The topological polar surface area (TPSA) is 118 Å². The molecule has 10 nitrogen and oxygen atoms in total. The van der Waals surface area contributed by atoms with Gasteiger partial charge in [-0.25, -0.2) is 9.97 Å². The first kappa shape index (κ1) is 29.0. The molecule has 1 heterocycles. The number of hydrogen-bond donors (Lipinski definition) is 1. The standard InChI is InChI=1S/C28H29N3O7S2/c1-19-8-10-23(11-9-19)40(32,33)38-15-14-37-27-24(35-3)16-20(17-25(27)36-4)30-28-29-13-12-26(31-28)39-22-7-5-6-21(18-22)34-2/h5-13,16-18H,14-15H2,1-4H3,(H,29,30,31). The average Bonchev–Trinajstić information content (AvgIpc) is 2.96. The second-order valence-electron chi connectivity index (χ2n) is 8.27. The number of nitrogens with one attached hydrogen (secondary N) is 1. The van der Waals surface area contributed by atoms with Crippen molar-refractivity contribution >= 4 is 33.5 Å². The molecule has 0 saturated heterocycles. The third kappa shape index (κ3) is 7.56. The first-order valence-corrected chi connectivity index (χ1v) is 14.3. The lowest BCUT2D eigenvalue weighted by Crippen LogP contribution is -2.13. The van der Waals surface area contributed by atoms with Gasteiger partial charge in [-0.2, -0.15) is 8.42 Å². The quantitative estimate of drug-likeness (QED) is 0.122. The average molecular weight is 584 g/mol. The molecule has 12 heteroatoms. The van der Waals surface area contributed by atoms with Crippen LogP contribution in [0.1, 0.15) is 5.56 Å². The number of ether oxygens (including phenoxy) is 4. The zero-order valence-corrected chi connectivity index (χ0v) is 24.0. The lowest BCUT2D eigenvalue weighted by Gasteiger charge is -2.16. The largest absolute Gasteiger partial charge is 0.497 e. The summed E-state index contributed by atoms with van der Waals surface area (Å²) in [6.45, 7) is 1.62. The molecular weight excluding hydrogens is 554 g/mol. The molecule has 210 valence electrons. The van der Waals surface area contributed by atoms with Gasteiger partial charge in [0, 0.05) is 28.9 Å². The van der Waals surface area contributed by atoms with Crippen molar-refractivity contribution in [1.29, 1.82) is 0 Å². The molecule has 0 aliphatic rings. The van der Waals surface area contributed by atoms with Crippen LogP contribution in [-0.2, 0) is 14.3 Å². The predicted octanol–water partition coefficient (Wildman–Crippen LogP) is 5.49. The fraction of sp³-hybridized carbons (Fsp3) is 0.214. The molecule has 4 rings (SSSR count). The molecule has 0 bridgehead atoms. The Morgan fingerprint density at radius 3 is 2.27 bits per heavy atom. The van der Waals surface area contributed by atoms with E-state index in [1.54, 1.807) is 37.6 Å². The van der Waals surface area contributed by atoms with Crippen molar-refractivity contribution in [2.24, 2.45) is 0 Å². The number of methoxy groups -OCH3 is 3. The van der Waals surface area contributed by atoms with Crippen LogP contribution in [0.2, 0.25) is 0 Å². The molecule has 0 spiro atoms. The van der Waals surface area contributed by atoms with E-state index in [-0.39, 0.29) is 18.1 Å². The van der Waals surface area contributed by atoms with E-state index in [1.807, 2.05) is 37.3 Å². The minimum atomic E-state index is -3.91. The molecule has 40 heavy (non-hydrogen) atoms. The van der Waals surface area contributed by atoms with E-state index < -0.39 is 10.1 Å². The van der Waals surface area contributed by atoms with Gasteiger partial charge in [0.25, 0.3) is 10.1 Å². The number of benzene rings is 3. The highest BCUT2D eigenvalue weighted by Crippen LogP contribution is 2.41. The maximum atomic E-state index is 12.4. The van der Waals surface area contributed by atoms with Crippen molar-refractivity contribution in [1.82, 2.24) is 9.97 Å². The van der Waals surface area contributed by atoms with Gasteiger partial charge in [-0.15, -0.1) is 0 Å². The van der Waals surface area contributed by atoms with Crippen molar-refractivity contribution < 1.29 is 31.5 Å². The summed E-state index contributed by atoms with van der Waals surface area (Å²) in [4.78, 5) is 9.95. The fourth-order valence-corrected chi connectivity index (χ4v) is 5.25. The Balaban J connectivity index is 1.43. The van der Waals surface area contributed by atoms with E-state index in [4.69, 9.17) is 23.1 Å². The molecule has 0 aliphatic carbocycles. The third-order valence-electron chi connectivity index (χ3n) is 5.49. The molecule has 0 fully saturated rings. The van der Waals surface area contributed by atoms with E-state index in [9.17, 15) is 8.42 Å². The molecule has 3 aromatic carbocycles. The molecule has 1 N–H and O–H groups in total. The summed E-state index contributed by atoms with van der Waals surface area (Å²) in [5, 5.41) is 3.90. The van der Waals surface area contributed by atoms with Gasteiger partial charge in [0.05, 0.1) is 26.2 Å². The van der Waals surface area contributed by atoms with Crippen LogP contribution in [0.25, 0.3) is 0 Å². The van der Waals surface area contributed by atoms with Gasteiger partial charge < -0.3 is 24.3 Å². The Morgan fingerprint density at radius 1 is 0.875 bits per heavy atom. The van der Waals surface area contributed by atoms with E-state index in [2.05, 4.69) is 15.3 Å². The minimum absolute atomic E-state index is 0.0583. The number of anilines is 2. The van der Waals surface area contributed by atoms with Crippen molar-refractivity contribution in [3.63, 3.8) is 0 Å². The first-order valence-electron chi connectivity index (χ1n) is 12.1.